The van der Waals surface area contributed by atoms with Gasteiger partial charge in [0.05, 0.1) is 5.60 Å². The summed E-state index contributed by atoms with van der Waals surface area (Å²) in [4.78, 5) is 8.05. The molecule has 1 aliphatic rings. The first-order valence-corrected chi connectivity index (χ1v) is 6.41. The summed E-state index contributed by atoms with van der Waals surface area (Å²) in [5.74, 6) is 0.751. The standard InChI is InChI=1S/C11H16BrN3O/c12-9-6-10(15-8-14-9)13-7-11(16)4-2-1-3-5-11/h6,8,16H,1-5,7H2,(H,13,14,15). The van der Waals surface area contributed by atoms with Crippen LogP contribution in [0.2, 0.25) is 0 Å². The normalized spacial score (nSPS) is 19.4. The zero-order valence-corrected chi connectivity index (χ0v) is 10.7. The molecule has 0 spiro atoms. The maximum atomic E-state index is 10.3. The fraction of sp³-hybridized carbons (Fsp3) is 0.636. The van der Waals surface area contributed by atoms with Crippen molar-refractivity contribution in [2.45, 2.75) is 37.7 Å². The van der Waals surface area contributed by atoms with Crippen molar-refractivity contribution in [2.75, 3.05) is 11.9 Å². The van der Waals surface area contributed by atoms with Crippen LogP contribution in [0, 0.1) is 0 Å². The van der Waals surface area contributed by atoms with Crippen LogP contribution >= 0.6 is 15.9 Å². The molecule has 2 N–H and O–H groups in total. The van der Waals surface area contributed by atoms with Crippen molar-refractivity contribution in [3.05, 3.63) is 17.0 Å². The lowest BCUT2D eigenvalue weighted by atomic mass is 9.85. The summed E-state index contributed by atoms with van der Waals surface area (Å²) < 4.78 is 0.751. The fourth-order valence-electron chi connectivity index (χ4n) is 2.07. The van der Waals surface area contributed by atoms with E-state index in [1.165, 1.54) is 12.7 Å². The first-order chi connectivity index (χ1) is 7.68. The SMILES string of the molecule is OC1(CNc2cc(Br)ncn2)CCCCC1. The van der Waals surface area contributed by atoms with Crippen molar-refractivity contribution in [3.63, 3.8) is 0 Å². The number of halogens is 1. The quantitative estimate of drug-likeness (QED) is 0.837. The van der Waals surface area contributed by atoms with Gasteiger partial charge in [0.15, 0.2) is 0 Å². The van der Waals surface area contributed by atoms with Gasteiger partial charge in [0.2, 0.25) is 0 Å². The maximum Gasteiger partial charge on any atom is 0.130 e. The van der Waals surface area contributed by atoms with Crippen LogP contribution in [0.5, 0.6) is 0 Å². The first-order valence-electron chi connectivity index (χ1n) is 5.62. The van der Waals surface area contributed by atoms with E-state index >= 15 is 0 Å². The second kappa shape index (κ2) is 5.10. The lowest BCUT2D eigenvalue weighted by Crippen LogP contribution is -2.38. The Labute approximate surface area is 104 Å². The Balaban J connectivity index is 1.91. The molecule has 0 amide bonds. The molecule has 1 saturated carbocycles. The molecular formula is C11H16BrN3O. The van der Waals surface area contributed by atoms with Crippen LogP contribution in [0.1, 0.15) is 32.1 Å². The predicted octanol–water partition coefficient (Wildman–Crippen LogP) is 2.35. The zero-order chi connectivity index (χ0) is 11.4. The van der Waals surface area contributed by atoms with Gasteiger partial charge in [-0.15, -0.1) is 0 Å². The van der Waals surface area contributed by atoms with Crippen LogP contribution < -0.4 is 5.32 Å². The van der Waals surface area contributed by atoms with E-state index in [1.807, 2.05) is 6.07 Å². The van der Waals surface area contributed by atoms with Gasteiger partial charge in [-0.25, -0.2) is 9.97 Å². The highest BCUT2D eigenvalue weighted by Crippen LogP contribution is 2.28. The summed E-state index contributed by atoms with van der Waals surface area (Å²) in [6, 6.07) is 1.81. The summed E-state index contributed by atoms with van der Waals surface area (Å²) in [5, 5.41) is 13.4. The lowest BCUT2D eigenvalue weighted by molar-refractivity contribution is 0.0166. The molecule has 2 rings (SSSR count). The minimum Gasteiger partial charge on any atom is -0.388 e. The molecule has 1 fully saturated rings. The Morgan fingerprint density at radius 3 is 2.75 bits per heavy atom. The second-order valence-electron chi connectivity index (χ2n) is 4.36. The van der Waals surface area contributed by atoms with E-state index in [4.69, 9.17) is 0 Å². The van der Waals surface area contributed by atoms with E-state index in [9.17, 15) is 5.11 Å². The van der Waals surface area contributed by atoms with Crippen LogP contribution in [0.25, 0.3) is 0 Å². The van der Waals surface area contributed by atoms with Crippen LogP contribution in [-0.4, -0.2) is 27.2 Å². The highest BCUT2D eigenvalue weighted by atomic mass is 79.9. The van der Waals surface area contributed by atoms with Gasteiger partial charge in [-0.2, -0.15) is 0 Å². The second-order valence-corrected chi connectivity index (χ2v) is 5.18. The van der Waals surface area contributed by atoms with Crippen LogP contribution in [0.3, 0.4) is 0 Å². The Morgan fingerprint density at radius 2 is 2.06 bits per heavy atom. The van der Waals surface area contributed by atoms with Crippen molar-refractivity contribution in [1.29, 1.82) is 0 Å². The Bertz CT molecular complexity index is 353. The van der Waals surface area contributed by atoms with Crippen molar-refractivity contribution < 1.29 is 5.11 Å². The minimum atomic E-state index is -0.560. The topological polar surface area (TPSA) is 58.0 Å². The molecule has 16 heavy (non-hydrogen) atoms. The highest BCUT2D eigenvalue weighted by molar-refractivity contribution is 9.10. The third-order valence-electron chi connectivity index (χ3n) is 3.02. The highest BCUT2D eigenvalue weighted by Gasteiger charge is 2.28. The van der Waals surface area contributed by atoms with Crippen LogP contribution in [0.15, 0.2) is 17.0 Å². The lowest BCUT2D eigenvalue weighted by Gasteiger charge is -2.32. The van der Waals surface area contributed by atoms with Crippen molar-refractivity contribution >= 4 is 21.7 Å². The molecule has 0 saturated heterocycles. The fourth-order valence-corrected chi connectivity index (χ4v) is 2.38. The monoisotopic (exact) mass is 285 g/mol. The van der Waals surface area contributed by atoms with Gasteiger partial charge in [0, 0.05) is 12.6 Å². The molecule has 88 valence electrons. The summed E-state index contributed by atoms with van der Waals surface area (Å²) >= 11 is 3.29. The van der Waals surface area contributed by atoms with E-state index in [0.29, 0.717) is 6.54 Å². The Morgan fingerprint density at radius 1 is 1.31 bits per heavy atom. The average Bonchev–Trinajstić information content (AvgIpc) is 2.28. The molecule has 0 aliphatic heterocycles. The van der Waals surface area contributed by atoms with Crippen molar-refractivity contribution in [1.82, 2.24) is 9.97 Å². The Kier molecular flexibility index (Phi) is 3.76. The van der Waals surface area contributed by atoms with Crippen molar-refractivity contribution in [3.8, 4) is 0 Å². The summed E-state index contributed by atoms with van der Waals surface area (Å²) in [7, 11) is 0. The van der Waals surface area contributed by atoms with Gasteiger partial charge in [-0.3, -0.25) is 0 Å². The number of hydrogen-bond donors (Lipinski definition) is 2. The Hall–Kier alpha value is -0.680. The third-order valence-corrected chi connectivity index (χ3v) is 3.45. The van der Waals surface area contributed by atoms with E-state index < -0.39 is 5.60 Å². The first kappa shape index (κ1) is 11.8. The number of aromatic nitrogens is 2. The van der Waals surface area contributed by atoms with Gasteiger partial charge in [0.25, 0.3) is 0 Å². The molecular weight excluding hydrogens is 270 g/mol. The average molecular weight is 286 g/mol. The summed E-state index contributed by atoms with van der Waals surface area (Å²) in [6.07, 6.45) is 6.73. The largest absolute Gasteiger partial charge is 0.388 e. The number of nitrogens with zero attached hydrogens (tertiary/aromatic N) is 2. The molecule has 0 radical (unpaired) electrons. The van der Waals surface area contributed by atoms with Gasteiger partial charge in [0.1, 0.15) is 16.7 Å². The molecule has 1 aromatic rings. The molecule has 1 aromatic heterocycles. The molecule has 5 heteroatoms. The number of anilines is 1. The smallest absolute Gasteiger partial charge is 0.130 e. The van der Waals surface area contributed by atoms with E-state index in [0.717, 1.165) is 36.1 Å². The predicted molar refractivity (Wildman–Crippen MR) is 66.3 cm³/mol. The number of hydrogen-bond acceptors (Lipinski definition) is 4. The van der Waals surface area contributed by atoms with Gasteiger partial charge < -0.3 is 10.4 Å². The molecule has 1 heterocycles. The van der Waals surface area contributed by atoms with E-state index in [2.05, 4.69) is 31.2 Å². The molecule has 0 bridgehead atoms. The number of aliphatic hydroxyl groups is 1. The van der Waals surface area contributed by atoms with Crippen LogP contribution in [0.4, 0.5) is 5.82 Å². The zero-order valence-electron chi connectivity index (χ0n) is 9.12. The number of rotatable bonds is 3. The van der Waals surface area contributed by atoms with Crippen molar-refractivity contribution in [2.24, 2.45) is 0 Å². The maximum absolute atomic E-state index is 10.3. The molecule has 0 unspecified atom stereocenters. The van der Waals surface area contributed by atoms with Gasteiger partial charge >= 0.3 is 0 Å². The molecule has 0 atom stereocenters. The van der Waals surface area contributed by atoms with Gasteiger partial charge in [-0.1, -0.05) is 19.3 Å². The molecule has 0 aromatic carbocycles. The van der Waals surface area contributed by atoms with E-state index in [1.54, 1.807) is 0 Å². The molecule has 1 aliphatic carbocycles. The summed E-state index contributed by atoms with van der Waals surface area (Å²) in [5.41, 5.74) is -0.560. The minimum absolute atomic E-state index is 0.560. The van der Waals surface area contributed by atoms with Crippen LogP contribution in [-0.2, 0) is 0 Å². The number of nitrogens with one attached hydrogen (secondary N) is 1. The third kappa shape index (κ3) is 3.15. The summed E-state index contributed by atoms with van der Waals surface area (Å²) in [6.45, 7) is 0.566. The van der Waals surface area contributed by atoms with Gasteiger partial charge in [-0.05, 0) is 28.8 Å². The molecule has 4 nitrogen and oxygen atoms in total. The van der Waals surface area contributed by atoms with E-state index in [-0.39, 0.29) is 0 Å².